The van der Waals surface area contributed by atoms with Crippen LogP contribution < -0.4 is 10.5 Å². The van der Waals surface area contributed by atoms with Gasteiger partial charge in [-0.1, -0.05) is 0 Å². The number of rotatable bonds is 3. The van der Waals surface area contributed by atoms with Gasteiger partial charge in [0.1, 0.15) is 11.6 Å². The van der Waals surface area contributed by atoms with E-state index in [4.69, 9.17) is 10.5 Å². The third kappa shape index (κ3) is 2.97. The summed E-state index contributed by atoms with van der Waals surface area (Å²) in [4.78, 5) is 14.8. The van der Waals surface area contributed by atoms with Crippen LogP contribution in [0.4, 0.5) is 5.82 Å². The zero-order valence-electron chi connectivity index (χ0n) is 13.3. The summed E-state index contributed by atoms with van der Waals surface area (Å²) in [5.74, 6) is 1.16. The third-order valence-electron chi connectivity index (χ3n) is 4.22. The molecule has 6 heteroatoms. The predicted octanol–water partition coefficient (Wildman–Crippen LogP) is 2.35. The molecule has 120 valence electrons. The monoisotopic (exact) mass is 312 g/mol. The number of nitrogen functional groups attached to an aromatic ring is 1. The summed E-state index contributed by atoms with van der Waals surface area (Å²) in [5, 5.41) is 8.05. The number of hydrogen-bond acceptors (Lipinski definition) is 5. The van der Waals surface area contributed by atoms with Gasteiger partial charge in [0, 0.05) is 12.1 Å². The number of ether oxygens (including phenoxy) is 1. The van der Waals surface area contributed by atoms with E-state index in [2.05, 4.69) is 10.2 Å². The van der Waals surface area contributed by atoms with Gasteiger partial charge in [0.15, 0.2) is 0 Å². The van der Waals surface area contributed by atoms with E-state index in [1.54, 1.807) is 13.2 Å². The molecule has 0 spiro atoms. The Kier molecular flexibility index (Phi) is 4.14. The van der Waals surface area contributed by atoms with Crippen LogP contribution in [0, 0.1) is 6.92 Å². The summed E-state index contributed by atoms with van der Waals surface area (Å²) in [7, 11) is 1.62. The predicted molar refractivity (Wildman–Crippen MR) is 87.2 cm³/mol. The van der Waals surface area contributed by atoms with Crippen molar-refractivity contribution in [2.45, 2.75) is 25.8 Å². The number of anilines is 1. The van der Waals surface area contributed by atoms with E-state index >= 15 is 0 Å². The normalized spacial score (nSPS) is 17.3. The molecule has 0 bridgehead atoms. The maximum Gasteiger partial charge on any atom is 0.254 e. The van der Waals surface area contributed by atoms with Gasteiger partial charge in [-0.15, -0.1) is 5.10 Å². The average Bonchev–Trinajstić information content (AvgIpc) is 3.04. The quantitative estimate of drug-likeness (QED) is 0.941. The number of methoxy groups -OCH3 is 1. The first kappa shape index (κ1) is 15.3. The molecule has 6 nitrogen and oxygen atoms in total. The number of aromatic nitrogens is 2. The van der Waals surface area contributed by atoms with Crippen LogP contribution in [0.2, 0.25) is 0 Å². The Morgan fingerprint density at radius 3 is 2.78 bits per heavy atom. The van der Waals surface area contributed by atoms with Gasteiger partial charge in [0.2, 0.25) is 0 Å². The number of carbonyl (C=O) groups excluding carboxylic acids is 1. The molecule has 1 aromatic carbocycles. The van der Waals surface area contributed by atoms with Gasteiger partial charge in [-0.25, -0.2) is 0 Å². The number of likely N-dealkylation sites (tertiary alicyclic amines) is 1. The highest BCUT2D eigenvalue weighted by Gasteiger charge is 2.32. The van der Waals surface area contributed by atoms with Crippen molar-refractivity contribution in [2.24, 2.45) is 0 Å². The highest BCUT2D eigenvalue weighted by Crippen LogP contribution is 2.32. The minimum absolute atomic E-state index is 0.0197. The zero-order chi connectivity index (χ0) is 16.4. The third-order valence-corrected chi connectivity index (χ3v) is 4.22. The summed E-state index contributed by atoms with van der Waals surface area (Å²) in [5.41, 5.74) is 7.98. The summed E-state index contributed by atoms with van der Waals surface area (Å²) in [6, 6.07) is 9.04. The van der Waals surface area contributed by atoms with Gasteiger partial charge in [0.25, 0.3) is 5.91 Å². The molecule has 1 unspecified atom stereocenters. The van der Waals surface area contributed by atoms with Crippen LogP contribution in [0.1, 0.15) is 40.5 Å². The molecule has 0 saturated carbocycles. The smallest absolute Gasteiger partial charge is 0.254 e. The van der Waals surface area contributed by atoms with Crippen molar-refractivity contribution in [3.05, 3.63) is 47.2 Å². The molecule has 1 fully saturated rings. The van der Waals surface area contributed by atoms with Crippen LogP contribution in [0.3, 0.4) is 0 Å². The Morgan fingerprint density at radius 1 is 1.30 bits per heavy atom. The molecule has 0 aliphatic carbocycles. The number of carbonyl (C=O) groups is 1. The minimum atomic E-state index is -0.0444. The van der Waals surface area contributed by atoms with E-state index in [1.165, 1.54) is 0 Å². The maximum atomic E-state index is 12.9. The molecule has 1 saturated heterocycles. The average molecular weight is 312 g/mol. The van der Waals surface area contributed by atoms with E-state index in [0.29, 0.717) is 11.4 Å². The molecular weight excluding hydrogens is 292 g/mol. The molecule has 1 aliphatic rings. The molecule has 3 rings (SSSR count). The lowest BCUT2D eigenvalue weighted by Gasteiger charge is -2.25. The van der Waals surface area contributed by atoms with Crippen LogP contribution in [0.5, 0.6) is 5.75 Å². The van der Waals surface area contributed by atoms with Crippen molar-refractivity contribution in [1.82, 2.24) is 15.1 Å². The maximum absolute atomic E-state index is 12.9. The second-order valence-corrected chi connectivity index (χ2v) is 5.72. The first-order valence-electron chi connectivity index (χ1n) is 7.65. The lowest BCUT2D eigenvalue weighted by Crippen LogP contribution is -2.31. The highest BCUT2D eigenvalue weighted by molar-refractivity contribution is 5.96. The molecule has 1 atom stereocenters. The van der Waals surface area contributed by atoms with Crippen molar-refractivity contribution >= 4 is 11.7 Å². The highest BCUT2D eigenvalue weighted by atomic mass is 16.5. The fourth-order valence-electron chi connectivity index (χ4n) is 3.01. The lowest BCUT2D eigenvalue weighted by molar-refractivity contribution is 0.0731. The lowest BCUT2D eigenvalue weighted by atomic mass is 10.1. The topological polar surface area (TPSA) is 81.3 Å². The van der Waals surface area contributed by atoms with Gasteiger partial charge in [-0.2, -0.15) is 5.10 Å². The molecule has 0 radical (unpaired) electrons. The molecule has 2 heterocycles. The number of nitrogens with zero attached hydrogens (tertiary/aromatic N) is 3. The van der Waals surface area contributed by atoms with E-state index in [1.807, 2.05) is 36.1 Å². The molecule has 1 aromatic heterocycles. The first-order valence-corrected chi connectivity index (χ1v) is 7.65. The second-order valence-electron chi connectivity index (χ2n) is 5.72. The van der Waals surface area contributed by atoms with Gasteiger partial charge in [0.05, 0.1) is 18.8 Å². The minimum Gasteiger partial charge on any atom is -0.497 e. The van der Waals surface area contributed by atoms with Crippen LogP contribution in [0.25, 0.3) is 0 Å². The number of nitrogens with two attached hydrogens (primary N) is 1. The van der Waals surface area contributed by atoms with Crippen molar-refractivity contribution in [1.29, 1.82) is 0 Å². The Bertz CT molecular complexity index is 715. The van der Waals surface area contributed by atoms with E-state index in [-0.39, 0.29) is 11.9 Å². The fourth-order valence-corrected chi connectivity index (χ4v) is 3.01. The van der Waals surface area contributed by atoms with Crippen LogP contribution in [0.15, 0.2) is 30.3 Å². The van der Waals surface area contributed by atoms with Gasteiger partial charge >= 0.3 is 0 Å². The fraction of sp³-hybridized carbons (Fsp3) is 0.353. The SMILES string of the molecule is COc1ccc(C(=O)N2CCCC2c2ccc(N)nn2)c(C)c1. The van der Waals surface area contributed by atoms with Crippen LogP contribution >= 0.6 is 0 Å². The molecule has 1 amide bonds. The van der Waals surface area contributed by atoms with Crippen molar-refractivity contribution in [3.63, 3.8) is 0 Å². The van der Waals surface area contributed by atoms with E-state index in [0.717, 1.165) is 36.4 Å². The van der Waals surface area contributed by atoms with Gasteiger partial charge in [-0.05, 0) is 55.7 Å². The Balaban J connectivity index is 1.87. The molecule has 1 aliphatic heterocycles. The Morgan fingerprint density at radius 2 is 2.13 bits per heavy atom. The Labute approximate surface area is 135 Å². The number of aryl methyl sites for hydroxylation is 1. The first-order chi connectivity index (χ1) is 11.1. The second kappa shape index (κ2) is 6.24. The summed E-state index contributed by atoms with van der Waals surface area (Å²) in [6.45, 7) is 2.64. The van der Waals surface area contributed by atoms with Gasteiger partial charge in [-0.3, -0.25) is 4.79 Å². The van der Waals surface area contributed by atoms with Crippen molar-refractivity contribution < 1.29 is 9.53 Å². The number of hydrogen-bond donors (Lipinski definition) is 1. The molecule has 2 aromatic rings. The summed E-state index contributed by atoms with van der Waals surface area (Å²) < 4.78 is 5.20. The van der Waals surface area contributed by atoms with Crippen LogP contribution in [-0.2, 0) is 0 Å². The van der Waals surface area contributed by atoms with Crippen molar-refractivity contribution in [3.8, 4) is 5.75 Å². The largest absolute Gasteiger partial charge is 0.497 e. The molecular formula is C17H20N4O2. The van der Waals surface area contributed by atoms with E-state index < -0.39 is 0 Å². The zero-order valence-corrected chi connectivity index (χ0v) is 13.3. The standard InChI is InChI=1S/C17H20N4O2/c1-11-10-12(23-2)5-6-13(11)17(22)21-9-3-4-15(21)14-7-8-16(18)20-19-14/h5-8,10,15H,3-4,9H2,1-2H3,(H2,18,20). The van der Waals surface area contributed by atoms with Crippen LogP contribution in [-0.4, -0.2) is 34.7 Å². The molecule has 23 heavy (non-hydrogen) atoms. The Hall–Kier alpha value is -2.63. The summed E-state index contributed by atoms with van der Waals surface area (Å²) in [6.07, 6.45) is 1.84. The van der Waals surface area contributed by atoms with E-state index in [9.17, 15) is 4.79 Å². The number of benzene rings is 1. The van der Waals surface area contributed by atoms with Gasteiger partial charge < -0.3 is 15.4 Å². The molecule has 2 N–H and O–H groups in total. The summed E-state index contributed by atoms with van der Waals surface area (Å²) >= 11 is 0. The van der Waals surface area contributed by atoms with Crippen molar-refractivity contribution in [2.75, 3.05) is 19.4 Å². The number of amides is 1.